The van der Waals surface area contributed by atoms with E-state index < -0.39 is 17.7 Å². The van der Waals surface area contributed by atoms with Crippen molar-refractivity contribution in [3.63, 3.8) is 0 Å². The first kappa shape index (κ1) is 21.0. The molecule has 1 aliphatic heterocycles. The Morgan fingerprint density at radius 3 is 2.27 bits per heavy atom. The normalized spacial score (nSPS) is 21.0. The SMILES string of the molecule is O=C1C(=O)N(c2ccc(-c3ccon3)cc2)C(C2CCCCC2)/C1=C(/O)c1ccc(O)cc1. The third-order valence-corrected chi connectivity index (χ3v) is 6.60. The van der Waals surface area contributed by atoms with E-state index >= 15 is 0 Å². The summed E-state index contributed by atoms with van der Waals surface area (Å²) in [6, 6.07) is 14.5. The van der Waals surface area contributed by atoms with Gasteiger partial charge in [-0.25, -0.2) is 0 Å². The zero-order valence-corrected chi connectivity index (χ0v) is 18.0. The van der Waals surface area contributed by atoms with Crippen LogP contribution in [0.3, 0.4) is 0 Å². The van der Waals surface area contributed by atoms with Crippen molar-refractivity contribution in [3.05, 3.63) is 72.0 Å². The Hall–Kier alpha value is -3.87. The van der Waals surface area contributed by atoms with Crippen LogP contribution in [0.4, 0.5) is 5.69 Å². The number of phenols is 1. The van der Waals surface area contributed by atoms with Gasteiger partial charge < -0.3 is 14.7 Å². The highest BCUT2D eigenvalue weighted by Crippen LogP contribution is 2.41. The van der Waals surface area contributed by atoms with E-state index in [9.17, 15) is 19.8 Å². The molecule has 0 radical (unpaired) electrons. The number of hydrogen-bond donors (Lipinski definition) is 2. The van der Waals surface area contributed by atoms with Gasteiger partial charge in [0, 0.05) is 22.9 Å². The zero-order valence-electron chi connectivity index (χ0n) is 18.0. The Morgan fingerprint density at radius 1 is 0.939 bits per heavy atom. The molecule has 5 rings (SSSR count). The van der Waals surface area contributed by atoms with Crippen molar-refractivity contribution in [2.75, 3.05) is 4.90 Å². The standard InChI is InChI=1S/C26H24N2O5/c29-20-12-8-18(9-13-20)24(30)22-23(17-4-2-1-3-5-17)28(26(32)25(22)31)19-10-6-16(7-11-19)21-14-15-33-27-21/h6-15,17,23,29-30H,1-5H2/b24-22-. The molecule has 1 atom stereocenters. The van der Waals surface area contributed by atoms with Crippen LogP contribution in [-0.4, -0.2) is 33.1 Å². The minimum Gasteiger partial charge on any atom is -0.508 e. The van der Waals surface area contributed by atoms with Gasteiger partial charge in [-0.2, -0.15) is 0 Å². The van der Waals surface area contributed by atoms with Crippen LogP contribution < -0.4 is 4.90 Å². The maximum Gasteiger partial charge on any atom is 0.299 e. The molecule has 3 aromatic rings. The van der Waals surface area contributed by atoms with Crippen molar-refractivity contribution in [3.8, 4) is 17.0 Å². The zero-order chi connectivity index (χ0) is 22.9. The fourth-order valence-corrected chi connectivity index (χ4v) is 4.97. The molecular weight excluding hydrogens is 420 g/mol. The van der Waals surface area contributed by atoms with Crippen LogP contribution in [0.25, 0.3) is 17.0 Å². The second kappa shape index (κ2) is 8.58. The van der Waals surface area contributed by atoms with Crippen molar-refractivity contribution in [1.82, 2.24) is 5.16 Å². The Bertz CT molecular complexity index is 1190. The molecule has 2 aliphatic rings. The monoisotopic (exact) mass is 444 g/mol. The van der Waals surface area contributed by atoms with Crippen LogP contribution in [0, 0.1) is 5.92 Å². The van der Waals surface area contributed by atoms with Gasteiger partial charge in [-0.3, -0.25) is 14.5 Å². The predicted octanol–water partition coefficient (Wildman–Crippen LogP) is 4.88. The van der Waals surface area contributed by atoms with Crippen molar-refractivity contribution >= 4 is 23.1 Å². The highest BCUT2D eigenvalue weighted by molar-refractivity contribution is 6.51. The summed E-state index contributed by atoms with van der Waals surface area (Å²) in [4.78, 5) is 28.0. The second-order valence-electron chi connectivity index (χ2n) is 8.59. The number of amides is 1. The minimum atomic E-state index is -0.684. The summed E-state index contributed by atoms with van der Waals surface area (Å²) < 4.78 is 4.91. The van der Waals surface area contributed by atoms with E-state index in [1.54, 1.807) is 30.3 Å². The first-order chi connectivity index (χ1) is 16.0. The van der Waals surface area contributed by atoms with Crippen LogP contribution in [-0.2, 0) is 9.59 Å². The van der Waals surface area contributed by atoms with Crippen molar-refractivity contribution in [2.24, 2.45) is 5.92 Å². The number of phenolic OH excluding ortho intramolecular Hbond substituents is 1. The van der Waals surface area contributed by atoms with Crippen LogP contribution in [0.5, 0.6) is 5.75 Å². The predicted molar refractivity (Wildman–Crippen MR) is 122 cm³/mol. The van der Waals surface area contributed by atoms with Gasteiger partial charge in [-0.15, -0.1) is 0 Å². The molecule has 1 aliphatic carbocycles. The maximum absolute atomic E-state index is 13.2. The molecule has 7 nitrogen and oxygen atoms in total. The summed E-state index contributed by atoms with van der Waals surface area (Å²) in [5.41, 5.74) is 2.65. The molecule has 1 amide bonds. The number of aromatic nitrogens is 1. The number of ketones is 1. The summed E-state index contributed by atoms with van der Waals surface area (Å²) in [5.74, 6) is -1.40. The van der Waals surface area contributed by atoms with Crippen LogP contribution in [0.15, 0.2) is 71.0 Å². The number of aliphatic hydroxyl groups is 1. The van der Waals surface area contributed by atoms with Gasteiger partial charge in [0.05, 0.1) is 11.6 Å². The average Bonchev–Trinajstić information content (AvgIpc) is 3.47. The van der Waals surface area contributed by atoms with E-state index in [1.165, 1.54) is 23.3 Å². The average molecular weight is 444 g/mol. The van der Waals surface area contributed by atoms with Crippen LogP contribution >= 0.6 is 0 Å². The van der Waals surface area contributed by atoms with Crippen LogP contribution in [0.2, 0.25) is 0 Å². The van der Waals surface area contributed by atoms with Gasteiger partial charge in [0.25, 0.3) is 11.7 Å². The number of rotatable bonds is 4. The lowest BCUT2D eigenvalue weighted by molar-refractivity contribution is -0.132. The second-order valence-corrected chi connectivity index (χ2v) is 8.59. The lowest BCUT2D eigenvalue weighted by atomic mass is 9.80. The molecule has 2 N–H and O–H groups in total. The Labute approximate surface area is 190 Å². The number of Topliss-reactive ketones (excluding diaryl/α,β-unsaturated/α-hetero) is 1. The molecule has 0 bridgehead atoms. The fourth-order valence-electron chi connectivity index (χ4n) is 4.97. The van der Waals surface area contributed by atoms with Gasteiger partial charge in [-0.05, 0) is 55.2 Å². The third-order valence-electron chi connectivity index (χ3n) is 6.60. The first-order valence-electron chi connectivity index (χ1n) is 11.2. The Morgan fingerprint density at radius 2 is 1.64 bits per heavy atom. The van der Waals surface area contributed by atoms with Crippen molar-refractivity contribution in [2.45, 2.75) is 38.1 Å². The summed E-state index contributed by atoms with van der Waals surface area (Å²) in [6.07, 6.45) is 6.43. The van der Waals surface area contributed by atoms with E-state index in [1.807, 2.05) is 12.1 Å². The Balaban J connectivity index is 1.59. The minimum absolute atomic E-state index is 0.0584. The molecule has 2 heterocycles. The number of benzene rings is 2. The molecular formula is C26H24N2O5. The molecule has 1 unspecified atom stereocenters. The molecule has 2 aromatic carbocycles. The molecule has 1 aromatic heterocycles. The highest BCUT2D eigenvalue weighted by atomic mass is 16.5. The van der Waals surface area contributed by atoms with E-state index in [2.05, 4.69) is 5.16 Å². The number of carbonyl (C=O) groups excluding carboxylic acids is 2. The molecule has 0 spiro atoms. The topological polar surface area (TPSA) is 104 Å². The third kappa shape index (κ3) is 3.80. The summed E-state index contributed by atoms with van der Waals surface area (Å²) in [7, 11) is 0. The lowest BCUT2D eigenvalue weighted by Crippen LogP contribution is -2.40. The summed E-state index contributed by atoms with van der Waals surface area (Å²) >= 11 is 0. The van der Waals surface area contributed by atoms with Crippen LogP contribution in [0.1, 0.15) is 37.7 Å². The smallest absolute Gasteiger partial charge is 0.299 e. The summed E-state index contributed by atoms with van der Waals surface area (Å²) in [5, 5.41) is 24.6. The lowest BCUT2D eigenvalue weighted by Gasteiger charge is -2.34. The molecule has 33 heavy (non-hydrogen) atoms. The molecule has 2 fully saturated rings. The van der Waals surface area contributed by atoms with E-state index in [4.69, 9.17) is 4.52 Å². The number of hydrogen-bond acceptors (Lipinski definition) is 6. The van der Waals surface area contributed by atoms with Gasteiger partial charge in [0.1, 0.15) is 23.5 Å². The van der Waals surface area contributed by atoms with Gasteiger partial charge in [0.15, 0.2) is 0 Å². The maximum atomic E-state index is 13.2. The van der Waals surface area contributed by atoms with Gasteiger partial charge in [-0.1, -0.05) is 36.6 Å². The Kier molecular flexibility index (Phi) is 5.46. The highest BCUT2D eigenvalue weighted by Gasteiger charge is 2.49. The number of aliphatic hydroxyl groups excluding tert-OH is 1. The van der Waals surface area contributed by atoms with Crippen molar-refractivity contribution in [1.29, 1.82) is 0 Å². The number of carbonyl (C=O) groups is 2. The van der Waals surface area contributed by atoms with E-state index in [0.717, 1.165) is 37.7 Å². The first-order valence-corrected chi connectivity index (χ1v) is 11.2. The van der Waals surface area contributed by atoms with Gasteiger partial charge >= 0.3 is 0 Å². The fraction of sp³-hybridized carbons (Fsp3) is 0.269. The van der Waals surface area contributed by atoms with E-state index in [0.29, 0.717) is 16.9 Å². The largest absolute Gasteiger partial charge is 0.508 e. The number of aromatic hydroxyl groups is 1. The summed E-state index contributed by atoms with van der Waals surface area (Å²) in [6.45, 7) is 0. The quantitative estimate of drug-likeness (QED) is 0.338. The van der Waals surface area contributed by atoms with Gasteiger partial charge in [0.2, 0.25) is 0 Å². The van der Waals surface area contributed by atoms with E-state index in [-0.39, 0.29) is 23.0 Å². The number of nitrogens with zero attached hydrogens (tertiary/aromatic N) is 2. The van der Waals surface area contributed by atoms with Crippen molar-refractivity contribution < 1.29 is 24.3 Å². The molecule has 168 valence electrons. The molecule has 7 heteroatoms. The number of anilines is 1. The molecule has 1 saturated carbocycles. The molecule has 1 saturated heterocycles.